The first-order valence-corrected chi connectivity index (χ1v) is 5.18. The van der Waals surface area contributed by atoms with E-state index in [4.69, 9.17) is 0 Å². The van der Waals surface area contributed by atoms with Crippen molar-refractivity contribution in [1.82, 2.24) is 0 Å². The standard InChI is InChI=1S/C12H24/c1-8-12(7)9(10(2,3)4)11(12,5)6/h9H,8H2,1-7H3. The maximum atomic E-state index is 2.45. The van der Waals surface area contributed by atoms with Gasteiger partial charge in [0.25, 0.3) is 0 Å². The molecule has 0 aromatic carbocycles. The Balaban J connectivity index is 2.87. The van der Waals surface area contributed by atoms with Crippen molar-refractivity contribution in [3.63, 3.8) is 0 Å². The normalized spacial score (nSPS) is 39.8. The van der Waals surface area contributed by atoms with Crippen molar-refractivity contribution in [3.8, 4) is 0 Å². The molecule has 0 spiro atoms. The minimum absolute atomic E-state index is 0.480. The van der Waals surface area contributed by atoms with Crippen molar-refractivity contribution in [3.05, 3.63) is 0 Å². The summed E-state index contributed by atoms with van der Waals surface area (Å²) in [6.45, 7) is 16.7. The third-order valence-electron chi connectivity index (χ3n) is 4.35. The average molecular weight is 168 g/mol. The van der Waals surface area contributed by atoms with Crippen molar-refractivity contribution in [2.24, 2.45) is 22.2 Å². The fourth-order valence-corrected chi connectivity index (χ4v) is 3.77. The van der Waals surface area contributed by atoms with Crippen molar-refractivity contribution in [2.75, 3.05) is 0 Å². The summed E-state index contributed by atoms with van der Waals surface area (Å²) in [5, 5.41) is 0. The summed E-state index contributed by atoms with van der Waals surface area (Å²) in [5.74, 6) is 0.891. The maximum absolute atomic E-state index is 2.45. The molecule has 1 fully saturated rings. The molecule has 0 amide bonds. The van der Waals surface area contributed by atoms with Crippen LogP contribution in [0.2, 0.25) is 0 Å². The van der Waals surface area contributed by atoms with Gasteiger partial charge in [-0.2, -0.15) is 0 Å². The van der Waals surface area contributed by atoms with Crippen LogP contribution in [-0.2, 0) is 0 Å². The second-order valence-electron chi connectivity index (χ2n) is 6.29. The molecule has 0 radical (unpaired) electrons. The smallest absolute Gasteiger partial charge is 0.0236 e. The summed E-state index contributed by atoms with van der Waals surface area (Å²) in [5.41, 5.74) is 1.62. The first kappa shape index (κ1) is 10.1. The van der Waals surface area contributed by atoms with Crippen LogP contribution in [0.25, 0.3) is 0 Å². The Morgan fingerprint density at radius 2 is 1.50 bits per heavy atom. The van der Waals surface area contributed by atoms with Gasteiger partial charge >= 0.3 is 0 Å². The summed E-state index contributed by atoms with van der Waals surface area (Å²) in [4.78, 5) is 0. The van der Waals surface area contributed by atoms with E-state index in [0.717, 1.165) is 5.92 Å². The lowest BCUT2D eigenvalue weighted by Crippen LogP contribution is -2.13. The van der Waals surface area contributed by atoms with Gasteiger partial charge in [0.2, 0.25) is 0 Å². The minimum Gasteiger partial charge on any atom is -0.0648 e. The van der Waals surface area contributed by atoms with E-state index in [0.29, 0.717) is 16.2 Å². The van der Waals surface area contributed by atoms with E-state index in [2.05, 4.69) is 48.5 Å². The molecule has 0 aliphatic heterocycles. The molecule has 1 aliphatic carbocycles. The summed E-state index contributed by atoms with van der Waals surface area (Å²) in [6, 6.07) is 0. The molecular weight excluding hydrogens is 144 g/mol. The van der Waals surface area contributed by atoms with Gasteiger partial charge in [-0.15, -0.1) is 0 Å². The lowest BCUT2D eigenvalue weighted by molar-refractivity contribution is 0.279. The van der Waals surface area contributed by atoms with E-state index in [-0.39, 0.29) is 0 Å². The van der Waals surface area contributed by atoms with Gasteiger partial charge in [0.05, 0.1) is 0 Å². The second kappa shape index (κ2) is 2.27. The zero-order valence-electron chi connectivity index (χ0n) is 9.78. The van der Waals surface area contributed by atoms with Crippen molar-refractivity contribution < 1.29 is 0 Å². The van der Waals surface area contributed by atoms with Gasteiger partial charge < -0.3 is 0 Å². The Hall–Kier alpha value is 0. The van der Waals surface area contributed by atoms with E-state index in [1.165, 1.54) is 6.42 Å². The fraction of sp³-hybridized carbons (Fsp3) is 1.00. The lowest BCUT2D eigenvalue weighted by Gasteiger charge is -2.21. The van der Waals surface area contributed by atoms with Gasteiger partial charge in [0.15, 0.2) is 0 Å². The quantitative estimate of drug-likeness (QED) is 0.553. The summed E-state index contributed by atoms with van der Waals surface area (Å²) < 4.78 is 0. The third kappa shape index (κ3) is 1.03. The zero-order valence-corrected chi connectivity index (χ0v) is 9.78. The highest BCUT2D eigenvalue weighted by Gasteiger charge is 2.69. The van der Waals surface area contributed by atoms with Crippen LogP contribution in [0.3, 0.4) is 0 Å². The molecule has 72 valence electrons. The van der Waals surface area contributed by atoms with E-state index in [1.54, 1.807) is 0 Å². The molecule has 0 bridgehead atoms. The monoisotopic (exact) mass is 168 g/mol. The van der Waals surface area contributed by atoms with Crippen LogP contribution in [-0.4, -0.2) is 0 Å². The lowest BCUT2D eigenvalue weighted by atomic mass is 9.84. The van der Waals surface area contributed by atoms with Crippen LogP contribution in [0.4, 0.5) is 0 Å². The predicted octanol–water partition coefficient (Wildman–Crippen LogP) is 4.10. The Kier molecular flexibility index (Phi) is 1.91. The van der Waals surface area contributed by atoms with Crippen molar-refractivity contribution in [1.29, 1.82) is 0 Å². The van der Waals surface area contributed by atoms with Crippen LogP contribution < -0.4 is 0 Å². The molecule has 0 N–H and O–H groups in total. The topological polar surface area (TPSA) is 0 Å². The molecule has 0 saturated heterocycles. The molecule has 0 aromatic heterocycles. The first-order valence-electron chi connectivity index (χ1n) is 5.18. The Labute approximate surface area is 77.7 Å². The zero-order chi connectivity index (χ0) is 9.78. The van der Waals surface area contributed by atoms with E-state index >= 15 is 0 Å². The maximum Gasteiger partial charge on any atom is -0.0236 e. The van der Waals surface area contributed by atoms with Crippen LogP contribution in [0.1, 0.15) is 54.9 Å². The Morgan fingerprint density at radius 3 is 1.58 bits per heavy atom. The highest BCUT2D eigenvalue weighted by atomic mass is 14.7. The average Bonchev–Trinajstić information content (AvgIpc) is 2.27. The first-order chi connectivity index (χ1) is 5.18. The van der Waals surface area contributed by atoms with Crippen LogP contribution >= 0.6 is 0 Å². The number of hydrogen-bond donors (Lipinski definition) is 0. The molecule has 2 unspecified atom stereocenters. The Bertz CT molecular complexity index is 183. The van der Waals surface area contributed by atoms with E-state index in [9.17, 15) is 0 Å². The molecule has 12 heavy (non-hydrogen) atoms. The summed E-state index contributed by atoms with van der Waals surface area (Å²) in [6.07, 6.45) is 1.32. The molecule has 0 nitrogen and oxygen atoms in total. The van der Waals surface area contributed by atoms with Gasteiger partial charge in [-0.1, -0.05) is 48.5 Å². The highest BCUT2D eigenvalue weighted by Crippen LogP contribution is 2.75. The van der Waals surface area contributed by atoms with Crippen molar-refractivity contribution >= 4 is 0 Å². The highest BCUT2D eigenvalue weighted by molar-refractivity contribution is 5.17. The molecule has 0 heterocycles. The van der Waals surface area contributed by atoms with Crippen LogP contribution in [0, 0.1) is 22.2 Å². The Morgan fingerprint density at radius 1 is 1.08 bits per heavy atom. The van der Waals surface area contributed by atoms with E-state index < -0.39 is 0 Å². The largest absolute Gasteiger partial charge is 0.0648 e. The van der Waals surface area contributed by atoms with Gasteiger partial charge in [0, 0.05) is 0 Å². The van der Waals surface area contributed by atoms with Crippen LogP contribution in [0.15, 0.2) is 0 Å². The van der Waals surface area contributed by atoms with E-state index in [1.807, 2.05) is 0 Å². The molecular formula is C12H24. The molecule has 0 aromatic rings. The second-order valence-corrected chi connectivity index (χ2v) is 6.29. The SMILES string of the molecule is CCC1(C)C(C(C)(C)C)C1(C)C. The molecule has 0 heteroatoms. The fourth-order valence-electron chi connectivity index (χ4n) is 3.77. The van der Waals surface area contributed by atoms with Gasteiger partial charge in [0.1, 0.15) is 0 Å². The molecule has 1 aliphatic rings. The molecule has 1 saturated carbocycles. The third-order valence-corrected chi connectivity index (χ3v) is 4.35. The summed E-state index contributed by atoms with van der Waals surface area (Å²) in [7, 11) is 0. The van der Waals surface area contributed by atoms with Gasteiger partial charge in [-0.05, 0) is 28.6 Å². The number of hydrogen-bond acceptors (Lipinski definition) is 0. The number of rotatable bonds is 1. The van der Waals surface area contributed by atoms with Crippen LogP contribution in [0.5, 0.6) is 0 Å². The van der Waals surface area contributed by atoms with Gasteiger partial charge in [-0.3, -0.25) is 0 Å². The van der Waals surface area contributed by atoms with Gasteiger partial charge in [-0.25, -0.2) is 0 Å². The predicted molar refractivity (Wildman–Crippen MR) is 55.1 cm³/mol. The molecule has 2 atom stereocenters. The summed E-state index contributed by atoms with van der Waals surface area (Å²) >= 11 is 0. The minimum atomic E-state index is 0.480. The molecule has 1 rings (SSSR count). The van der Waals surface area contributed by atoms with Crippen molar-refractivity contribution in [2.45, 2.75) is 54.9 Å².